The highest BCUT2D eigenvalue weighted by Gasteiger charge is 2.29. The standard InChI is InChI=1S/C18H21N5O6/c24-8-14(26)16(28)15(27)13(25)7-20-23-18-21-12(17(29)22-18)5-9-6-19-11-4-2-1-3-10(9)11/h1-7,13-16,24-29H,8H2,(H2,21,22,23)/b9-5+,20-7?. The highest BCUT2D eigenvalue weighted by molar-refractivity contribution is 6.21. The van der Waals surface area contributed by atoms with Crippen LogP contribution in [0.5, 0.6) is 5.88 Å². The molecule has 2 heterocycles. The number of H-pyrrole nitrogens is 1. The molecule has 2 aromatic rings. The number of imidazole rings is 1. The van der Waals surface area contributed by atoms with E-state index in [-0.39, 0.29) is 11.8 Å². The second kappa shape index (κ2) is 8.94. The van der Waals surface area contributed by atoms with E-state index in [4.69, 9.17) is 5.11 Å². The molecule has 1 aliphatic rings. The van der Waals surface area contributed by atoms with Gasteiger partial charge in [0.1, 0.15) is 30.1 Å². The zero-order valence-corrected chi connectivity index (χ0v) is 15.1. The number of fused-ring (bicyclic) bond motifs is 1. The first-order valence-corrected chi connectivity index (χ1v) is 8.67. The fraction of sp³-hybridized carbons (Fsp3) is 0.278. The Morgan fingerprint density at radius 3 is 2.66 bits per heavy atom. The van der Waals surface area contributed by atoms with Crippen LogP contribution in [0, 0.1) is 0 Å². The van der Waals surface area contributed by atoms with E-state index < -0.39 is 31.0 Å². The zero-order chi connectivity index (χ0) is 21.0. The lowest BCUT2D eigenvalue weighted by Gasteiger charge is -2.23. The number of para-hydroxylation sites is 1. The second-order valence-corrected chi connectivity index (χ2v) is 6.31. The molecule has 4 unspecified atom stereocenters. The van der Waals surface area contributed by atoms with Crippen molar-refractivity contribution >= 4 is 35.7 Å². The van der Waals surface area contributed by atoms with Crippen molar-refractivity contribution < 1.29 is 30.6 Å². The number of aliphatic imine (C=N–C) groups is 1. The number of nitrogens with zero attached hydrogens (tertiary/aromatic N) is 3. The third-order valence-corrected chi connectivity index (χ3v) is 4.25. The summed E-state index contributed by atoms with van der Waals surface area (Å²) in [5.74, 6) is -0.221. The molecule has 4 atom stereocenters. The summed E-state index contributed by atoms with van der Waals surface area (Å²) in [6, 6.07) is 7.53. The van der Waals surface area contributed by atoms with E-state index in [1.165, 1.54) is 0 Å². The number of allylic oxidation sites excluding steroid dienone is 1. The summed E-state index contributed by atoms with van der Waals surface area (Å²) in [7, 11) is 0. The van der Waals surface area contributed by atoms with Crippen LogP contribution in [0.2, 0.25) is 0 Å². The van der Waals surface area contributed by atoms with Crippen LogP contribution in [-0.4, -0.2) is 84.1 Å². The Hall–Kier alpha value is -3.09. The number of aromatic nitrogens is 2. The first-order valence-electron chi connectivity index (χ1n) is 8.67. The van der Waals surface area contributed by atoms with Crippen molar-refractivity contribution in [1.82, 2.24) is 9.97 Å². The van der Waals surface area contributed by atoms with Gasteiger partial charge in [-0.1, -0.05) is 18.2 Å². The lowest BCUT2D eigenvalue weighted by molar-refractivity contribution is -0.0999. The topological polar surface area (TPSA) is 187 Å². The van der Waals surface area contributed by atoms with Crippen LogP contribution >= 0.6 is 0 Å². The molecule has 0 aliphatic carbocycles. The molecule has 8 N–H and O–H groups in total. The van der Waals surface area contributed by atoms with Gasteiger partial charge in [0.05, 0.1) is 18.5 Å². The lowest BCUT2D eigenvalue weighted by atomic mass is 10.0. The van der Waals surface area contributed by atoms with Gasteiger partial charge in [-0.25, -0.2) is 5.43 Å². The minimum atomic E-state index is -1.77. The Labute approximate surface area is 165 Å². The fourth-order valence-electron chi connectivity index (χ4n) is 2.64. The third-order valence-electron chi connectivity index (χ3n) is 4.25. The van der Waals surface area contributed by atoms with E-state index >= 15 is 0 Å². The van der Waals surface area contributed by atoms with Crippen LogP contribution in [0.3, 0.4) is 0 Å². The molecule has 1 aromatic carbocycles. The SMILES string of the molecule is OCC(O)C(O)C(O)C(O)C=NNc1nc(O)c(/C=C2\C=Nc3ccccc32)[nH]1. The summed E-state index contributed by atoms with van der Waals surface area (Å²) in [5.41, 5.74) is 5.26. The van der Waals surface area contributed by atoms with Crippen LogP contribution in [0.1, 0.15) is 11.3 Å². The number of aliphatic hydroxyl groups is 5. The molecule has 0 saturated heterocycles. The number of aromatic hydroxyl groups is 1. The molecular formula is C18H21N5O6. The molecule has 0 spiro atoms. The number of nitrogens with one attached hydrogen (secondary N) is 2. The number of hydrogen-bond donors (Lipinski definition) is 8. The molecule has 0 saturated carbocycles. The van der Waals surface area contributed by atoms with E-state index in [1.54, 1.807) is 12.3 Å². The van der Waals surface area contributed by atoms with Crippen LogP contribution in [0.15, 0.2) is 34.4 Å². The Bertz CT molecular complexity index is 941. The summed E-state index contributed by atoms with van der Waals surface area (Å²) >= 11 is 0. The van der Waals surface area contributed by atoms with Crippen molar-refractivity contribution in [1.29, 1.82) is 0 Å². The van der Waals surface area contributed by atoms with Crippen molar-refractivity contribution in [3.8, 4) is 5.88 Å². The summed E-state index contributed by atoms with van der Waals surface area (Å²) in [6.45, 7) is -0.778. The molecule has 1 aromatic heterocycles. The predicted octanol–water partition coefficient (Wildman–Crippen LogP) is -0.795. The molecule has 0 amide bonds. The Balaban J connectivity index is 1.65. The molecule has 11 heteroatoms. The normalized spacial score (nSPS) is 18.7. The van der Waals surface area contributed by atoms with Crippen molar-refractivity contribution in [3.63, 3.8) is 0 Å². The number of aliphatic hydroxyl groups excluding tert-OH is 5. The number of anilines is 1. The van der Waals surface area contributed by atoms with Gasteiger partial charge < -0.3 is 35.6 Å². The maximum atomic E-state index is 10.0. The quantitative estimate of drug-likeness (QED) is 0.208. The molecule has 11 nitrogen and oxygen atoms in total. The van der Waals surface area contributed by atoms with E-state index in [0.717, 1.165) is 23.0 Å². The number of aromatic amines is 1. The molecule has 0 bridgehead atoms. The van der Waals surface area contributed by atoms with Crippen molar-refractivity contribution in [3.05, 3.63) is 35.5 Å². The molecule has 29 heavy (non-hydrogen) atoms. The molecule has 3 rings (SSSR count). The van der Waals surface area contributed by atoms with Crippen LogP contribution < -0.4 is 5.43 Å². The van der Waals surface area contributed by atoms with Gasteiger partial charge in [0, 0.05) is 17.4 Å². The number of hydrazone groups is 1. The Kier molecular flexibility index (Phi) is 6.36. The molecule has 1 aliphatic heterocycles. The summed E-state index contributed by atoms with van der Waals surface area (Å²) in [6.07, 6.45) is -2.57. The van der Waals surface area contributed by atoms with Gasteiger partial charge >= 0.3 is 0 Å². The highest BCUT2D eigenvalue weighted by Crippen LogP contribution is 2.33. The molecular weight excluding hydrogens is 382 g/mol. The average Bonchev–Trinajstić information content (AvgIpc) is 3.29. The van der Waals surface area contributed by atoms with Gasteiger partial charge in [-0.2, -0.15) is 10.1 Å². The zero-order valence-electron chi connectivity index (χ0n) is 15.1. The van der Waals surface area contributed by atoms with Crippen LogP contribution in [0.25, 0.3) is 11.6 Å². The third kappa shape index (κ3) is 4.67. The maximum absolute atomic E-state index is 10.0. The van der Waals surface area contributed by atoms with Gasteiger partial charge in [0.25, 0.3) is 0 Å². The van der Waals surface area contributed by atoms with E-state index in [9.17, 15) is 25.5 Å². The summed E-state index contributed by atoms with van der Waals surface area (Å²) < 4.78 is 0. The van der Waals surface area contributed by atoms with Crippen molar-refractivity contribution in [2.45, 2.75) is 24.4 Å². The number of rotatable bonds is 8. The monoisotopic (exact) mass is 403 g/mol. The van der Waals surface area contributed by atoms with Gasteiger partial charge in [-0.15, -0.1) is 0 Å². The number of benzene rings is 1. The van der Waals surface area contributed by atoms with Gasteiger partial charge in [0.15, 0.2) is 0 Å². The highest BCUT2D eigenvalue weighted by atomic mass is 16.4. The lowest BCUT2D eigenvalue weighted by Crippen LogP contribution is -2.46. The van der Waals surface area contributed by atoms with E-state index in [0.29, 0.717) is 5.69 Å². The minimum absolute atomic E-state index is 0.0615. The average molecular weight is 403 g/mol. The maximum Gasteiger partial charge on any atom is 0.238 e. The van der Waals surface area contributed by atoms with Gasteiger partial charge in [-0.05, 0) is 12.1 Å². The van der Waals surface area contributed by atoms with Gasteiger partial charge in [-0.3, -0.25) is 4.99 Å². The first kappa shape index (κ1) is 20.6. The van der Waals surface area contributed by atoms with Crippen molar-refractivity contribution in [2.24, 2.45) is 10.1 Å². The molecule has 0 fully saturated rings. The summed E-state index contributed by atoms with van der Waals surface area (Å²) in [5, 5.41) is 60.7. The van der Waals surface area contributed by atoms with Gasteiger partial charge in [0.2, 0.25) is 11.8 Å². The number of hydrogen-bond acceptors (Lipinski definition) is 10. The van der Waals surface area contributed by atoms with Crippen LogP contribution in [0.4, 0.5) is 11.6 Å². The molecule has 0 radical (unpaired) electrons. The minimum Gasteiger partial charge on any atom is -0.492 e. The second-order valence-electron chi connectivity index (χ2n) is 6.31. The fourth-order valence-corrected chi connectivity index (χ4v) is 2.64. The smallest absolute Gasteiger partial charge is 0.238 e. The van der Waals surface area contributed by atoms with E-state index in [2.05, 4.69) is 25.5 Å². The summed E-state index contributed by atoms with van der Waals surface area (Å²) in [4.78, 5) is 10.9. The van der Waals surface area contributed by atoms with Crippen molar-refractivity contribution in [2.75, 3.05) is 12.0 Å². The first-order chi connectivity index (χ1) is 13.9. The Morgan fingerprint density at radius 2 is 1.90 bits per heavy atom. The van der Waals surface area contributed by atoms with Crippen LogP contribution in [-0.2, 0) is 0 Å². The largest absolute Gasteiger partial charge is 0.492 e. The van der Waals surface area contributed by atoms with E-state index in [1.807, 2.05) is 24.3 Å². The Morgan fingerprint density at radius 1 is 1.14 bits per heavy atom. The predicted molar refractivity (Wildman–Crippen MR) is 106 cm³/mol. The molecule has 154 valence electrons.